The molecule has 2 aromatic heterocycles. The van der Waals surface area contributed by atoms with Gasteiger partial charge in [0.2, 0.25) is 5.13 Å². The highest BCUT2D eigenvalue weighted by Gasteiger charge is 2.23. The minimum atomic E-state index is 0.261. The van der Waals surface area contributed by atoms with Crippen LogP contribution in [0.5, 0.6) is 5.75 Å². The number of allylic oxidation sites excluding steroid dienone is 1. The average molecular weight is 380 g/mol. The van der Waals surface area contributed by atoms with Crippen LogP contribution in [0.25, 0.3) is 22.0 Å². The number of aromatic nitrogens is 4. The molecule has 0 aliphatic carbocycles. The van der Waals surface area contributed by atoms with Crippen LogP contribution in [0, 0.1) is 5.41 Å². The molecular formula is C19H20N6OS. The molecule has 138 valence electrons. The Morgan fingerprint density at radius 1 is 1.41 bits per heavy atom. The van der Waals surface area contributed by atoms with Gasteiger partial charge in [0.1, 0.15) is 17.9 Å². The summed E-state index contributed by atoms with van der Waals surface area (Å²) in [5.41, 5.74) is 8.98. The van der Waals surface area contributed by atoms with E-state index >= 15 is 0 Å². The predicted octanol–water partition coefficient (Wildman–Crippen LogP) is 3.40. The van der Waals surface area contributed by atoms with Gasteiger partial charge in [-0.25, -0.2) is 9.97 Å². The summed E-state index contributed by atoms with van der Waals surface area (Å²) in [4.78, 5) is 10.4. The Hall–Kier alpha value is -3.00. The van der Waals surface area contributed by atoms with E-state index in [0.717, 1.165) is 39.9 Å². The van der Waals surface area contributed by atoms with Crippen molar-refractivity contribution in [3.63, 3.8) is 0 Å². The van der Waals surface area contributed by atoms with Crippen molar-refractivity contribution in [1.82, 2.24) is 19.7 Å². The number of nitrogens with two attached hydrogens (primary N) is 1. The van der Waals surface area contributed by atoms with E-state index in [-0.39, 0.29) is 5.92 Å². The molecule has 0 radical (unpaired) electrons. The highest BCUT2D eigenvalue weighted by molar-refractivity contribution is 7.14. The number of nitrogens with one attached hydrogen (secondary N) is 1. The van der Waals surface area contributed by atoms with E-state index in [0.29, 0.717) is 12.2 Å². The molecular weight excluding hydrogens is 360 g/mol. The molecule has 8 heteroatoms. The van der Waals surface area contributed by atoms with Crippen LogP contribution in [0.2, 0.25) is 0 Å². The van der Waals surface area contributed by atoms with Gasteiger partial charge < -0.3 is 15.9 Å². The van der Waals surface area contributed by atoms with E-state index < -0.39 is 0 Å². The van der Waals surface area contributed by atoms with Crippen molar-refractivity contribution in [1.29, 1.82) is 5.41 Å². The van der Waals surface area contributed by atoms with Gasteiger partial charge in [0, 0.05) is 40.8 Å². The van der Waals surface area contributed by atoms with Gasteiger partial charge >= 0.3 is 0 Å². The Labute approximate surface area is 161 Å². The Balaban J connectivity index is 1.81. The van der Waals surface area contributed by atoms with E-state index in [2.05, 4.69) is 23.9 Å². The van der Waals surface area contributed by atoms with Crippen molar-refractivity contribution >= 4 is 23.1 Å². The van der Waals surface area contributed by atoms with Crippen LogP contribution in [0.1, 0.15) is 36.0 Å². The second-order valence-corrected chi connectivity index (χ2v) is 7.59. The van der Waals surface area contributed by atoms with Gasteiger partial charge in [0.15, 0.2) is 0 Å². The second-order valence-electron chi connectivity index (χ2n) is 6.53. The lowest BCUT2D eigenvalue weighted by atomic mass is 10.0. The Bertz CT molecular complexity index is 1030. The summed E-state index contributed by atoms with van der Waals surface area (Å²) in [7, 11) is 0. The van der Waals surface area contributed by atoms with Gasteiger partial charge in [-0.2, -0.15) is 9.78 Å². The number of thiazole rings is 1. The van der Waals surface area contributed by atoms with Crippen molar-refractivity contribution in [2.24, 2.45) is 5.73 Å². The first kappa shape index (κ1) is 17.4. The molecule has 0 saturated heterocycles. The molecule has 1 aromatic carbocycles. The third kappa shape index (κ3) is 3.02. The molecule has 1 aliphatic rings. The van der Waals surface area contributed by atoms with Crippen molar-refractivity contribution in [3.8, 4) is 22.1 Å². The lowest BCUT2D eigenvalue weighted by molar-refractivity contribution is 0.327. The number of ether oxygens (including phenoxy) is 1. The number of benzene rings is 1. The minimum absolute atomic E-state index is 0.261. The Kier molecular flexibility index (Phi) is 4.49. The fourth-order valence-electron chi connectivity index (χ4n) is 3.10. The average Bonchev–Trinajstić information content (AvgIpc) is 3.27. The molecule has 0 saturated carbocycles. The van der Waals surface area contributed by atoms with E-state index in [1.54, 1.807) is 17.7 Å². The highest BCUT2D eigenvalue weighted by atomic mass is 32.1. The van der Waals surface area contributed by atoms with Gasteiger partial charge in [0.05, 0.1) is 12.3 Å². The first-order valence-corrected chi connectivity index (χ1v) is 9.54. The van der Waals surface area contributed by atoms with Gasteiger partial charge in [-0.3, -0.25) is 0 Å². The molecule has 7 nitrogen and oxygen atoms in total. The molecule has 4 rings (SSSR count). The molecule has 0 spiro atoms. The normalized spacial score (nSPS) is 13.7. The van der Waals surface area contributed by atoms with Crippen LogP contribution < -0.4 is 10.5 Å². The molecule has 3 N–H and O–H groups in total. The molecule has 0 atom stereocenters. The Morgan fingerprint density at radius 2 is 2.26 bits per heavy atom. The number of nitrogens with zero attached hydrogens (tertiary/aromatic N) is 4. The lowest BCUT2D eigenvalue weighted by Crippen LogP contribution is -2.04. The first-order chi connectivity index (χ1) is 13.1. The van der Waals surface area contributed by atoms with Crippen molar-refractivity contribution in [2.75, 3.05) is 6.61 Å². The summed E-state index contributed by atoms with van der Waals surface area (Å²) in [5, 5.41) is 12.7. The third-order valence-electron chi connectivity index (χ3n) is 4.45. The van der Waals surface area contributed by atoms with E-state index in [9.17, 15) is 0 Å². The van der Waals surface area contributed by atoms with Gasteiger partial charge in [-0.1, -0.05) is 31.3 Å². The van der Waals surface area contributed by atoms with Crippen LogP contribution in [0.4, 0.5) is 0 Å². The first-order valence-electron chi connectivity index (χ1n) is 8.72. The highest BCUT2D eigenvalue weighted by Crippen LogP contribution is 2.39. The molecule has 1 aliphatic heterocycles. The van der Waals surface area contributed by atoms with E-state index in [1.165, 1.54) is 17.3 Å². The summed E-state index contributed by atoms with van der Waals surface area (Å²) in [6, 6.07) is 5.84. The SMILES string of the molecule is CC(C)c1ncnn1-c1nc2c(s1)CCOc1cc(/C(C=N)=C/N)ccc1-2. The smallest absolute Gasteiger partial charge is 0.212 e. The number of rotatable bonds is 4. The number of fused-ring (bicyclic) bond motifs is 3. The summed E-state index contributed by atoms with van der Waals surface area (Å²) in [5.74, 6) is 1.92. The number of hydrogen-bond donors (Lipinski definition) is 2. The van der Waals surface area contributed by atoms with Crippen molar-refractivity contribution in [3.05, 3.63) is 47.0 Å². The lowest BCUT2D eigenvalue weighted by Gasteiger charge is -2.10. The molecule has 3 heterocycles. The van der Waals surface area contributed by atoms with E-state index in [1.807, 2.05) is 22.9 Å². The zero-order valence-corrected chi connectivity index (χ0v) is 16.0. The van der Waals surface area contributed by atoms with E-state index in [4.69, 9.17) is 20.9 Å². The third-order valence-corrected chi connectivity index (χ3v) is 5.54. The zero-order valence-electron chi connectivity index (χ0n) is 15.1. The monoisotopic (exact) mass is 380 g/mol. The number of hydrogen-bond acceptors (Lipinski definition) is 7. The maximum atomic E-state index is 7.50. The topological polar surface area (TPSA) is 103 Å². The quantitative estimate of drug-likeness (QED) is 0.675. The van der Waals surface area contributed by atoms with Gasteiger partial charge in [-0.15, -0.1) is 0 Å². The maximum Gasteiger partial charge on any atom is 0.212 e. The molecule has 0 unspecified atom stereocenters. The molecule has 0 bridgehead atoms. The maximum absolute atomic E-state index is 7.50. The Morgan fingerprint density at radius 3 is 3.00 bits per heavy atom. The minimum Gasteiger partial charge on any atom is -0.492 e. The zero-order chi connectivity index (χ0) is 19.0. The van der Waals surface area contributed by atoms with Crippen LogP contribution >= 0.6 is 11.3 Å². The van der Waals surface area contributed by atoms with Crippen LogP contribution in [-0.2, 0) is 6.42 Å². The molecule has 0 amide bonds. The predicted molar refractivity (Wildman–Crippen MR) is 107 cm³/mol. The van der Waals surface area contributed by atoms with Crippen molar-refractivity contribution in [2.45, 2.75) is 26.2 Å². The summed E-state index contributed by atoms with van der Waals surface area (Å²) in [6.45, 7) is 4.76. The molecule has 3 aromatic rings. The van der Waals surface area contributed by atoms with Gasteiger partial charge in [-0.05, 0) is 17.7 Å². The molecule has 27 heavy (non-hydrogen) atoms. The summed E-state index contributed by atoms with van der Waals surface area (Å²) >= 11 is 1.62. The molecule has 0 fully saturated rings. The standard InChI is InChI=1S/C19H20N6OS/c1-11(2)18-22-10-23-25(18)19-24-17-14-4-3-12(13(8-20)9-21)7-15(14)26-6-5-16(17)27-19/h3-4,7-11,20H,5-6,21H2,1-2H3/b13-9+,20-8?. The van der Waals surface area contributed by atoms with Crippen molar-refractivity contribution < 1.29 is 4.74 Å². The van der Waals surface area contributed by atoms with Crippen LogP contribution in [0.3, 0.4) is 0 Å². The summed E-state index contributed by atoms with van der Waals surface area (Å²) in [6.07, 6.45) is 5.02. The van der Waals surface area contributed by atoms with Crippen LogP contribution in [0.15, 0.2) is 30.7 Å². The second kappa shape index (κ2) is 6.96. The van der Waals surface area contributed by atoms with Crippen LogP contribution in [-0.4, -0.2) is 32.6 Å². The largest absolute Gasteiger partial charge is 0.492 e. The fourth-order valence-corrected chi connectivity index (χ4v) is 4.12. The summed E-state index contributed by atoms with van der Waals surface area (Å²) < 4.78 is 7.77. The fraction of sp³-hybridized carbons (Fsp3) is 0.263. The van der Waals surface area contributed by atoms with Gasteiger partial charge in [0.25, 0.3) is 0 Å².